The average molecular weight is 381 g/mol. The number of piperidine rings is 2. The fraction of sp³-hybridized carbons (Fsp3) is 0.524. The molecule has 4 heterocycles. The van der Waals surface area contributed by atoms with Crippen LogP contribution in [-0.4, -0.2) is 51.5 Å². The lowest BCUT2D eigenvalue weighted by Crippen LogP contribution is -2.43. The zero-order valence-corrected chi connectivity index (χ0v) is 16.3. The summed E-state index contributed by atoms with van der Waals surface area (Å²) in [5.41, 5.74) is 0.354. The lowest BCUT2D eigenvalue weighted by Gasteiger charge is -2.40. The summed E-state index contributed by atoms with van der Waals surface area (Å²) in [4.78, 5) is 37.4. The smallest absolute Gasteiger partial charge is 0.254 e. The van der Waals surface area contributed by atoms with Gasteiger partial charge in [-0.2, -0.15) is 0 Å². The van der Waals surface area contributed by atoms with Gasteiger partial charge in [0.2, 0.25) is 5.95 Å². The van der Waals surface area contributed by atoms with Crippen molar-refractivity contribution < 1.29 is 4.79 Å². The van der Waals surface area contributed by atoms with Gasteiger partial charge in [0, 0.05) is 63.4 Å². The summed E-state index contributed by atoms with van der Waals surface area (Å²) >= 11 is 0. The van der Waals surface area contributed by atoms with Gasteiger partial charge in [-0.15, -0.1) is 0 Å². The van der Waals surface area contributed by atoms with Gasteiger partial charge in [-0.25, -0.2) is 9.97 Å². The van der Waals surface area contributed by atoms with Crippen LogP contribution in [0.2, 0.25) is 0 Å². The lowest BCUT2D eigenvalue weighted by atomic mass is 9.79. The Morgan fingerprint density at radius 1 is 1.00 bits per heavy atom. The van der Waals surface area contributed by atoms with Gasteiger partial charge >= 0.3 is 0 Å². The molecule has 2 aromatic rings. The van der Waals surface area contributed by atoms with E-state index in [1.54, 1.807) is 31.7 Å². The number of amides is 1. The van der Waals surface area contributed by atoms with Crippen LogP contribution in [0.5, 0.6) is 0 Å². The van der Waals surface area contributed by atoms with Gasteiger partial charge < -0.3 is 14.4 Å². The molecule has 7 nitrogen and oxygen atoms in total. The van der Waals surface area contributed by atoms with Crippen molar-refractivity contribution in [3.63, 3.8) is 0 Å². The maximum absolute atomic E-state index is 12.7. The molecule has 0 saturated carbocycles. The van der Waals surface area contributed by atoms with Gasteiger partial charge in [0.1, 0.15) is 0 Å². The largest absolute Gasteiger partial charge is 0.341 e. The first kappa shape index (κ1) is 18.7. The highest BCUT2D eigenvalue weighted by atomic mass is 16.2. The van der Waals surface area contributed by atoms with E-state index in [0.29, 0.717) is 17.4 Å². The molecule has 28 heavy (non-hydrogen) atoms. The summed E-state index contributed by atoms with van der Waals surface area (Å²) in [5, 5.41) is 0. The minimum Gasteiger partial charge on any atom is -0.341 e. The Morgan fingerprint density at radius 3 is 2.21 bits per heavy atom. The van der Waals surface area contributed by atoms with E-state index in [-0.39, 0.29) is 11.5 Å². The second-order valence-corrected chi connectivity index (χ2v) is 7.87. The number of hydrogen-bond donors (Lipinski definition) is 0. The fourth-order valence-corrected chi connectivity index (χ4v) is 4.46. The maximum atomic E-state index is 12.7. The molecular weight excluding hydrogens is 354 g/mol. The Hall–Kier alpha value is -2.70. The minimum absolute atomic E-state index is 0.0211. The van der Waals surface area contributed by atoms with Crippen molar-refractivity contribution in [1.29, 1.82) is 0 Å². The standard InChI is InChI=1S/C21H27N5O2/c1-24-10-3-18(15-19(24)27)20(28)25-11-4-16(5-12-25)17-6-13-26(14-7-17)21-22-8-2-9-23-21/h2-3,8-10,15-17H,4-7,11-14H2,1H3. The van der Waals surface area contributed by atoms with Crippen LogP contribution in [0.1, 0.15) is 36.0 Å². The molecule has 0 aromatic carbocycles. The molecule has 0 radical (unpaired) electrons. The van der Waals surface area contributed by atoms with Crippen molar-refractivity contribution in [2.24, 2.45) is 18.9 Å². The van der Waals surface area contributed by atoms with Crippen LogP contribution in [0.4, 0.5) is 5.95 Å². The van der Waals surface area contributed by atoms with Crippen LogP contribution in [0.25, 0.3) is 0 Å². The molecule has 0 spiro atoms. The number of likely N-dealkylation sites (tertiary alicyclic amines) is 1. The van der Waals surface area contributed by atoms with Crippen LogP contribution < -0.4 is 10.5 Å². The Labute approximate surface area is 165 Å². The molecule has 2 aliphatic rings. The third-order valence-electron chi connectivity index (χ3n) is 6.22. The van der Waals surface area contributed by atoms with Crippen molar-refractivity contribution in [2.45, 2.75) is 25.7 Å². The molecule has 7 heteroatoms. The van der Waals surface area contributed by atoms with Gasteiger partial charge in [0.15, 0.2) is 0 Å². The van der Waals surface area contributed by atoms with E-state index in [4.69, 9.17) is 0 Å². The molecule has 2 aliphatic heterocycles. The van der Waals surface area contributed by atoms with Gasteiger partial charge in [0.05, 0.1) is 0 Å². The Bertz CT molecular complexity index is 866. The van der Waals surface area contributed by atoms with Crippen LogP contribution >= 0.6 is 0 Å². The number of rotatable bonds is 3. The summed E-state index contributed by atoms with van der Waals surface area (Å²) in [6.45, 7) is 3.56. The SMILES string of the molecule is Cn1ccc(C(=O)N2CCC(C3CCN(c4ncccn4)CC3)CC2)cc1=O. The van der Waals surface area contributed by atoms with Crippen LogP contribution in [0.15, 0.2) is 41.6 Å². The molecule has 0 aliphatic carbocycles. The quantitative estimate of drug-likeness (QED) is 0.813. The van der Waals surface area contributed by atoms with E-state index < -0.39 is 0 Å². The zero-order chi connectivity index (χ0) is 19.5. The van der Waals surface area contributed by atoms with Gasteiger partial charge in [0.25, 0.3) is 11.5 Å². The summed E-state index contributed by atoms with van der Waals surface area (Å²) < 4.78 is 1.48. The topological polar surface area (TPSA) is 71.3 Å². The molecular formula is C21H27N5O2. The van der Waals surface area contributed by atoms with Crippen LogP contribution in [0.3, 0.4) is 0 Å². The first-order valence-corrected chi connectivity index (χ1v) is 10.1. The van der Waals surface area contributed by atoms with Crippen LogP contribution in [-0.2, 0) is 7.05 Å². The number of nitrogens with zero attached hydrogens (tertiary/aromatic N) is 5. The van der Waals surface area contributed by atoms with Crippen molar-refractivity contribution in [3.05, 3.63) is 52.7 Å². The predicted molar refractivity (Wildman–Crippen MR) is 107 cm³/mol. The molecule has 4 rings (SSSR count). The highest BCUT2D eigenvalue weighted by Crippen LogP contribution is 2.33. The second-order valence-electron chi connectivity index (χ2n) is 7.87. The van der Waals surface area contributed by atoms with Gasteiger partial charge in [-0.05, 0) is 49.7 Å². The van der Waals surface area contributed by atoms with E-state index in [1.165, 1.54) is 10.6 Å². The number of carbonyl (C=O) groups is 1. The summed E-state index contributed by atoms with van der Waals surface area (Å²) in [6.07, 6.45) is 9.66. The van der Waals surface area contributed by atoms with Crippen molar-refractivity contribution in [3.8, 4) is 0 Å². The van der Waals surface area contributed by atoms with Crippen molar-refractivity contribution in [2.75, 3.05) is 31.1 Å². The average Bonchev–Trinajstić information content (AvgIpc) is 2.76. The highest BCUT2D eigenvalue weighted by molar-refractivity contribution is 5.94. The predicted octanol–water partition coefficient (Wildman–Crippen LogP) is 1.94. The van der Waals surface area contributed by atoms with E-state index in [2.05, 4.69) is 14.9 Å². The summed E-state index contributed by atoms with van der Waals surface area (Å²) in [6, 6.07) is 5.02. The molecule has 0 bridgehead atoms. The summed E-state index contributed by atoms with van der Waals surface area (Å²) in [7, 11) is 1.69. The third kappa shape index (κ3) is 3.93. The number of hydrogen-bond acceptors (Lipinski definition) is 5. The number of pyridine rings is 1. The molecule has 2 fully saturated rings. The maximum Gasteiger partial charge on any atom is 0.254 e. The van der Waals surface area contributed by atoms with Crippen LogP contribution in [0, 0.1) is 11.8 Å². The molecule has 0 unspecified atom stereocenters. The monoisotopic (exact) mass is 381 g/mol. The molecule has 1 amide bonds. The number of aryl methyl sites for hydroxylation is 1. The van der Waals surface area contributed by atoms with E-state index in [1.807, 2.05) is 11.0 Å². The number of aromatic nitrogens is 3. The second kappa shape index (κ2) is 8.12. The van der Waals surface area contributed by atoms with Crippen molar-refractivity contribution in [1.82, 2.24) is 19.4 Å². The minimum atomic E-state index is -0.144. The van der Waals surface area contributed by atoms with E-state index in [9.17, 15) is 9.59 Å². The fourth-order valence-electron chi connectivity index (χ4n) is 4.46. The van der Waals surface area contributed by atoms with Gasteiger partial charge in [-0.3, -0.25) is 9.59 Å². The zero-order valence-electron chi connectivity index (χ0n) is 16.3. The van der Waals surface area contributed by atoms with Gasteiger partial charge in [-0.1, -0.05) is 0 Å². The highest BCUT2D eigenvalue weighted by Gasteiger charge is 2.31. The van der Waals surface area contributed by atoms with E-state index >= 15 is 0 Å². The Morgan fingerprint density at radius 2 is 1.61 bits per heavy atom. The first-order valence-electron chi connectivity index (χ1n) is 10.1. The number of carbonyl (C=O) groups excluding carboxylic acids is 1. The first-order chi connectivity index (χ1) is 13.6. The normalized spacial score (nSPS) is 19.0. The lowest BCUT2D eigenvalue weighted by molar-refractivity contribution is 0.0645. The molecule has 2 saturated heterocycles. The molecule has 0 N–H and O–H groups in total. The summed E-state index contributed by atoms with van der Waals surface area (Å²) in [5.74, 6) is 2.19. The Balaban J connectivity index is 1.29. The Kier molecular flexibility index (Phi) is 5.41. The van der Waals surface area contributed by atoms with Crippen molar-refractivity contribution >= 4 is 11.9 Å². The van der Waals surface area contributed by atoms with E-state index in [0.717, 1.165) is 57.8 Å². The molecule has 2 aromatic heterocycles. The molecule has 148 valence electrons. The molecule has 0 atom stereocenters. The third-order valence-corrected chi connectivity index (χ3v) is 6.22. The number of anilines is 1.